The first-order valence-corrected chi connectivity index (χ1v) is 8.60. The maximum Gasteiger partial charge on any atom is 0.127 e. The molecular weight excluding hydrogens is 420 g/mol. The molecule has 0 aliphatic carbocycles. The monoisotopic (exact) mass is 433 g/mol. The van der Waals surface area contributed by atoms with Gasteiger partial charge < -0.3 is 5.32 Å². The first-order chi connectivity index (χ1) is 10.0. The molecule has 1 atom stereocenters. The van der Waals surface area contributed by atoms with Gasteiger partial charge in [-0.05, 0) is 54.4 Å². The lowest BCUT2D eigenvalue weighted by molar-refractivity contribution is 0.526. The molecule has 1 N–H and O–H groups in total. The van der Waals surface area contributed by atoms with E-state index in [2.05, 4.69) is 37.2 Å². The van der Waals surface area contributed by atoms with Crippen LogP contribution in [0.2, 0.25) is 5.02 Å². The summed E-state index contributed by atoms with van der Waals surface area (Å²) in [4.78, 5) is 0. The minimum absolute atomic E-state index is 0.00116. The van der Waals surface area contributed by atoms with Crippen LogP contribution >= 0.6 is 43.5 Å². The van der Waals surface area contributed by atoms with E-state index in [1.54, 1.807) is 0 Å². The van der Waals surface area contributed by atoms with Crippen molar-refractivity contribution in [1.29, 1.82) is 0 Å². The van der Waals surface area contributed by atoms with Gasteiger partial charge in [0.15, 0.2) is 0 Å². The lowest BCUT2D eigenvalue weighted by Gasteiger charge is -2.20. The summed E-state index contributed by atoms with van der Waals surface area (Å²) in [5.74, 6) is -0.203. The van der Waals surface area contributed by atoms with Crippen molar-refractivity contribution in [3.63, 3.8) is 0 Å². The molecular formula is C16H15Br2ClFN. The maximum atomic E-state index is 14.1. The predicted octanol–water partition coefficient (Wildman–Crippen LogP) is 5.90. The lowest BCUT2D eigenvalue weighted by Crippen LogP contribution is -2.23. The fourth-order valence-electron chi connectivity index (χ4n) is 2.23. The Morgan fingerprint density at radius 3 is 2.62 bits per heavy atom. The normalized spacial score (nSPS) is 12.4. The Morgan fingerprint density at radius 2 is 1.95 bits per heavy atom. The van der Waals surface area contributed by atoms with E-state index in [0.29, 0.717) is 17.0 Å². The van der Waals surface area contributed by atoms with Crippen LogP contribution in [-0.4, -0.2) is 6.54 Å². The van der Waals surface area contributed by atoms with Crippen molar-refractivity contribution in [2.24, 2.45) is 0 Å². The van der Waals surface area contributed by atoms with Gasteiger partial charge in [0.2, 0.25) is 0 Å². The molecule has 0 saturated carbocycles. The molecule has 2 rings (SSSR count). The van der Waals surface area contributed by atoms with Crippen molar-refractivity contribution >= 4 is 43.5 Å². The summed E-state index contributed by atoms with van der Waals surface area (Å²) in [5, 5.41) is 4.06. The largest absolute Gasteiger partial charge is 0.310 e. The molecule has 112 valence electrons. The van der Waals surface area contributed by atoms with E-state index in [4.69, 9.17) is 11.6 Å². The van der Waals surface area contributed by atoms with Crippen LogP contribution in [0.1, 0.15) is 24.1 Å². The first kappa shape index (κ1) is 16.9. The van der Waals surface area contributed by atoms with Gasteiger partial charge in [0.25, 0.3) is 0 Å². The van der Waals surface area contributed by atoms with Crippen LogP contribution in [0.4, 0.5) is 4.39 Å². The van der Waals surface area contributed by atoms with Crippen molar-refractivity contribution in [2.75, 3.05) is 6.54 Å². The van der Waals surface area contributed by atoms with Crippen molar-refractivity contribution in [3.05, 3.63) is 67.3 Å². The average molecular weight is 436 g/mol. The van der Waals surface area contributed by atoms with Gasteiger partial charge >= 0.3 is 0 Å². The topological polar surface area (TPSA) is 12.0 Å². The Hall–Kier alpha value is -0.420. The summed E-state index contributed by atoms with van der Waals surface area (Å²) in [6, 6.07) is 10.8. The molecule has 0 heterocycles. The van der Waals surface area contributed by atoms with Crippen molar-refractivity contribution < 1.29 is 4.39 Å². The molecule has 2 aromatic carbocycles. The van der Waals surface area contributed by atoms with E-state index in [1.165, 1.54) is 6.07 Å². The number of benzene rings is 2. The number of halogens is 4. The standard InChI is InChI=1S/C16H15Br2ClFN/c1-2-21-16(13-9-12(19)5-6-14(13)18)7-10-3-4-11(17)8-15(10)20/h3-6,8-9,16,21H,2,7H2,1H3. The second kappa shape index (κ2) is 7.73. The van der Waals surface area contributed by atoms with Gasteiger partial charge in [0, 0.05) is 20.0 Å². The molecule has 1 nitrogen and oxygen atoms in total. The first-order valence-electron chi connectivity index (χ1n) is 6.63. The predicted molar refractivity (Wildman–Crippen MR) is 93.4 cm³/mol. The summed E-state index contributed by atoms with van der Waals surface area (Å²) >= 11 is 12.9. The highest BCUT2D eigenvalue weighted by molar-refractivity contribution is 9.10. The van der Waals surface area contributed by atoms with Crippen molar-refractivity contribution in [1.82, 2.24) is 5.32 Å². The van der Waals surface area contributed by atoms with Gasteiger partial charge in [0.05, 0.1) is 0 Å². The summed E-state index contributed by atoms with van der Waals surface area (Å²) in [5.41, 5.74) is 1.71. The van der Waals surface area contributed by atoms with Gasteiger partial charge in [-0.25, -0.2) is 4.39 Å². The maximum absolute atomic E-state index is 14.1. The zero-order chi connectivity index (χ0) is 15.4. The highest BCUT2D eigenvalue weighted by Crippen LogP contribution is 2.30. The van der Waals surface area contributed by atoms with Gasteiger partial charge in [-0.1, -0.05) is 56.5 Å². The van der Waals surface area contributed by atoms with Gasteiger partial charge in [0.1, 0.15) is 5.82 Å². The van der Waals surface area contributed by atoms with E-state index < -0.39 is 0 Å². The molecule has 21 heavy (non-hydrogen) atoms. The number of nitrogens with one attached hydrogen (secondary N) is 1. The van der Waals surface area contributed by atoms with Crippen LogP contribution in [0.5, 0.6) is 0 Å². The van der Waals surface area contributed by atoms with E-state index in [9.17, 15) is 4.39 Å². The van der Waals surface area contributed by atoms with E-state index in [1.807, 2.05) is 37.3 Å². The summed E-state index contributed by atoms with van der Waals surface area (Å²) in [6.45, 7) is 2.82. The quantitative estimate of drug-likeness (QED) is 0.617. The van der Waals surface area contributed by atoms with Crippen LogP contribution < -0.4 is 5.32 Å². The molecule has 0 fully saturated rings. The van der Waals surface area contributed by atoms with E-state index >= 15 is 0 Å². The molecule has 1 unspecified atom stereocenters. The molecule has 5 heteroatoms. The van der Waals surface area contributed by atoms with Crippen LogP contribution in [0.15, 0.2) is 45.3 Å². The Kier molecular flexibility index (Phi) is 6.23. The zero-order valence-corrected chi connectivity index (χ0v) is 15.4. The van der Waals surface area contributed by atoms with Crippen LogP contribution in [0.3, 0.4) is 0 Å². The number of likely N-dealkylation sites (N-methyl/N-ethyl adjacent to an activating group) is 1. The molecule has 0 saturated heterocycles. The molecule has 0 amide bonds. The zero-order valence-electron chi connectivity index (χ0n) is 11.5. The second-order valence-corrected chi connectivity index (χ2v) is 6.92. The fourth-order valence-corrected chi connectivity index (χ4v) is 3.26. The number of rotatable bonds is 5. The van der Waals surface area contributed by atoms with E-state index in [0.717, 1.165) is 21.1 Å². The molecule has 0 aliphatic heterocycles. The smallest absolute Gasteiger partial charge is 0.127 e. The third-order valence-electron chi connectivity index (χ3n) is 3.22. The Labute approximate surface area is 146 Å². The van der Waals surface area contributed by atoms with Crippen molar-refractivity contribution in [2.45, 2.75) is 19.4 Å². The third kappa shape index (κ3) is 4.52. The molecule has 0 spiro atoms. The van der Waals surface area contributed by atoms with Gasteiger partial charge in [-0.3, -0.25) is 0 Å². The molecule has 2 aromatic rings. The summed E-state index contributed by atoms with van der Waals surface area (Å²) in [6.07, 6.45) is 0.561. The van der Waals surface area contributed by atoms with Gasteiger partial charge in [-0.15, -0.1) is 0 Å². The average Bonchev–Trinajstić information content (AvgIpc) is 2.44. The number of hydrogen-bond acceptors (Lipinski definition) is 1. The van der Waals surface area contributed by atoms with Gasteiger partial charge in [-0.2, -0.15) is 0 Å². The molecule has 0 bridgehead atoms. The molecule has 0 radical (unpaired) electrons. The van der Waals surface area contributed by atoms with Crippen LogP contribution in [-0.2, 0) is 6.42 Å². The summed E-state index contributed by atoms with van der Waals surface area (Å²) in [7, 11) is 0. The minimum Gasteiger partial charge on any atom is -0.310 e. The third-order valence-corrected chi connectivity index (χ3v) is 4.67. The molecule has 0 aromatic heterocycles. The lowest BCUT2D eigenvalue weighted by atomic mass is 9.98. The fraction of sp³-hybridized carbons (Fsp3) is 0.250. The Balaban J connectivity index is 2.32. The highest BCUT2D eigenvalue weighted by atomic mass is 79.9. The van der Waals surface area contributed by atoms with Crippen LogP contribution in [0.25, 0.3) is 0 Å². The highest BCUT2D eigenvalue weighted by Gasteiger charge is 2.17. The summed E-state index contributed by atoms with van der Waals surface area (Å²) < 4.78 is 15.8. The number of hydrogen-bond donors (Lipinski definition) is 1. The SMILES string of the molecule is CCNC(Cc1ccc(Br)cc1F)c1cc(Cl)ccc1Br. The van der Waals surface area contributed by atoms with Crippen molar-refractivity contribution in [3.8, 4) is 0 Å². The Bertz CT molecular complexity index is 634. The van der Waals surface area contributed by atoms with E-state index in [-0.39, 0.29) is 11.9 Å². The molecule has 0 aliphatic rings. The Morgan fingerprint density at radius 1 is 1.19 bits per heavy atom. The second-order valence-electron chi connectivity index (χ2n) is 4.72. The minimum atomic E-state index is -0.203. The van der Waals surface area contributed by atoms with Crippen LogP contribution in [0, 0.1) is 5.82 Å².